The van der Waals surface area contributed by atoms with Crippen LogP contribution in [0.1, 0.15) is 52.4 Å². The summed E-state index contributed by atoms with van der Waals surface area (Å²) in [6.07, 6.45) is 2.08. The van der Waals surface area contributed by atoms with Gasteiger partial charge in [0.2, 0.25) is 5.92 Å². The van der Waals surface area contributed by atoms with E-state index in [0.717, 1.165) is 12.8 Å². The summed E-state index contributed by atoms with van der Waals surface area (Å²) in [5.41, 5.74) is -1.22. The van der Waals surface area contributed by atoms with E-state index in [2.05, 4.69) is 0 Å². The Bertz CT molecular complexity index is 187. The minimum absolute atomic E-state index is 0.131. The molecule has 1 aliphatic carbocycles. The van der Waals surface area contributed by atoms with E-state index in [-0.39, 0.29) is 18.8 Å². The molecule has 3 heteroatoms. The average molecular weight is 208 g/mol. The highest BCUT2D eigenvalue weighted by Gasteiger charge is 2.37. The van der Waals surface area contributed by atoms with Crippen molar-refractivity contribution in [2.75, 3.05) is 0 Å². The first-order valence-electron chi connectivity index (χ1n) is 5.41. The molecule has 0 aromatic rings. The van der Waals surface area contributed by atoms with Crippen molar-refractivity contribution in [3.8, 4) is 0 Å². The molecule has 84 valence electrons. The Labute approximate surface area is 83.9 Å². The third kappa shape index (κ3) is 3.50. The van der Waals surface area contributed by atoms with E-state index in [9.17, 15) is 13.2 Å². The summed E-state index contributed by atoms with van der Waals surface area (Å²) < 4.78 is 39.7. The van der Waals surface area contributed by atoms with E-state index in [1.54, 1.807) is 0 Å². The van der Waals surface area contributed by atoms with Gasteiger partial charge in [-0.1, -0.05) is 19.8 Å². The summed E-state index contributed by atoms with van der Waals surface area (Å²) in [5, 5.41) is 0. The summed E-state index contributed by atoms with van der Waals surface area (Å²) in [4.78, 5) is 0. The van der Waals surface area contributed by atoms with Gasteiger partial charge < -0.3 is 0 Å². The van der Waals surface area contributed by atoms with Crippen LogP contribution in [0.2, 0.25) is 0 Å². The van der Waals surface area contributed by atoms with Gasteiger partial charge in [0.1, 0.15) is 5.67 Å². The van der Waals surface area contributed by atoms with E-state index in [4.69, 9.17) is 0 Å². The molecule has 0 aromatic heterocycles. The topological polar surface area (TPSA) is 0 Å². The molecule has 0 heterocycles. The van der Waals surface area contributed by atoms with Gasteiger partial charge >= 0.3 is 0 Å². The van der Waals surface area contributed by atoms with Crippen molar-refractivity contribution in [2.24, 2.45) is 5.92 Å². The largest absolute Gasteiger partial charge is 0.248 e. The van der Waals surface area contributed by atoms with Crippen LogP contribution in [0.5, 0.6) is 0 Å². The molecule has 0 saturated heterocycles. The molecule has 14 heavy (non-hydrogen) atoms. The van der Waals surface area contributed by atoms with Crippen LogP contribution in [0.3, 0.4) is 0 Å². The van der Waals surface area contributed by atoms with E-state index in [1.807, 2.05) is 0 Å². The highest BCUT2D eigenvalue weighted by Crippen LogP contribution is 2.40. The fourth-order valence-corrected chi connectivity index (χ4v) is 2.31. The molecule has 0 N–H and O–H groups in total. The molecule has 2 atom stereocenters. The van der Waals surface area contributed by atoms with Gasteiger partial charge in [0.05, 0.1) is 0 Å². The molecule has 0 radical (unpaired) electrons. The second-order valence-corrected chi connectivity index (χ2v) is 4.79. The Kier molecular flexibility index (Phi) is 3.49. The zero-order chi connectivity index (χ0) is 10.8. The maximum Gasteiger partial charge on any atom is 0.248 e. The van der Waals surface area contributed by atoms with Crippen molar-refractivity contribution >= 4 is 0 Å². The van der Waals surface area contributed by atoms with Crippen molar-refractivity contribution in [3.63, 3.8) is 0 Å². The maximum absolute atomic E-state index is 13.6. The van der Waals surface area contributed by atoms with Crippen LogP contribution in [-0.4, -0.2) is 11.6 Å². The van der Waals surface area contributed by atoms with Crippen molar-refractivity contribution in [1.82, 2.24) is 0 Å². The first kappa shape index (κ1) is 11.9. The molecule has 0 spiro atoms. The molecule has 0 aromatic carbocycles. The highest BCUT2D eigenvalue weighted by atomic mass is 19.3. The first-order valence-corrected chi connectivity index (χ1v) is 5.41. The lowest BCUT2D eigenvalue weighted by Gasteiger charge is -2.33. The third-order valence-corrected chi connectivity index (χ3v) is 3.13. The summed E-state index contributed by atoms with van der Waals surface area (Å²) >= 11 is 0. The van der Waals surface area contributed by atoms with Gasteiger partial charge in [0.25, 0.3) is 0 Å². The second-order valence-electron chi connectivity index (χ2n) is 4.79. The Morgan fingerprint density at radius 2 is 2.07 bits per heavy atom. The van der Waals surface area contributed by atoms with Crippen LogP contribution in [0, 0.1) is 5.92 Å². The number of alkyl halides is 3. The average Bonchev–Trinajstić information content (AvgIpc) is 2.01. The molecule has 0 nitrogen and oxygen atoms in total. The van der Waals surface area contributed by atoms with E-state index >= 15 is 0 Å². The number of hydrogen-bond acceptors (Lipinski definition) is 0. The zero-order valence-electron chi connectivity index (χ0n) is 8.95. The molecule has 1 aliphatic rings. The molecule has 0 aliphatic heterocycles. The van der Waals surface area contributed by atoms with Crippen LogP contribution in [0.15, 0.2) is 0 Å². The predicted octanol–water partition coefficient (Wildman–Crippen LogP) is 4.34. The maximum atomic E-state index is 13.6. The van der Waals surface area contributed by atoms with Gasteiger partial charge in [0.15, 0.2) is 0 Å². The molecule has 0 amide bonds. The fraction of sp³-hybridized carbons (Fsp3) is 1.00. The third-order valence-electron chi connectivity index (χ3n) is 3.13. The smallest absolute Gasteiger partial charge is 0.244 e. The molecule has 1 saturated carbocycles. The lowest BCUT2D eigenvalue weighted by atomic mass is 9.77. The Balaban J connectivity index is 2.46. The molecular weight excluding hydrogens is 189 g/mol. The van der Waals surface area contributed by atoms with Gasteiger partial charge in [0, 0.05) is 12.8 Å². The second kappa shape index (κ2) is 4.11. The normalized spacial score (nSPS) is 34.5. The van der Waals surface area contributed by atoms with Crippen LogP contribution in [0.4, 0.5) is 13.2 Å². The van der Waals surface area contributed by atoms with E-state index in [1.165, 1.54) is 13.8 Å². The quantitative estimate of drug-likeness (QED) is 0.647. The summed E-state index contributed by atoms with van der Waals surface area (Å²) in [5.74, 6) is -2.73. The summed E-state index contributed by atoms with van der Waals surface area (Å²) in [7, 11) is 0. The molecule has 0 bridgehead atoms. The van der Waals surface area contributed by atoms with E-state index < -0.39 is 11.6 Å². The molecule has 1 rings (SSSR count). The Morgan fingerprint density at radius 3 is 2.57 bits per heavy atom. The van der Waals surface area contributed by atoms with Gasteiger partial charge in [-0.25, -0.2) is 13.2 Å². The summed E-state index contributed by atoms with van der Waals surface area (Å²) in [6.45, 7) is 3.01. The van der Waals surface area contributed by atoms with Gasteiger partial charge in [-0.2, -0.15) is 0 Å². The minimum Gasteiger partial charge on any atom is -0.244 e. The first-order chi connectivity index (χ1) is 6.35. The van der Waals surface area contributed by atoms with Gasteiger partial charge in [-0.15, -0.1) is 0 Å². The monoisotopic (exact) mass is 208 g/mol. The number of halogens is 3. The fourth-order valence-electron chi connectivity index (χ4n) is 2.31. The number of hydrogen-bond donors (Lipinski definition) is 0. The van der Waals surface area contributed by atoms with Crippen molar-refractivity contribution in [1.29, 1.82) is 0 Å². The van der Waals surface area contributed by atoms with Crippen LogP contribution in [-0.2, 0) is 0 Å². The predicted molar refractivity (Wildman–Crippen MR) is 51.3 cm³/mol. The zero-order valence-corrected chi connectivity index (χ0v) is 8.95. The van der Waals surface area contributed by atoms with Crippen molar-refractivity contribution in [3.05, 3.63) is 0 Å². The standard InChI is InChI=1S/C11H19F3/c1-3-11(13,14)8-9-5-4-6-10(2,12)7-9/h9H,3-8H2,1-2H3. The van der Waals surface area contributed by atoms with Crippen LogP contribution < -0.4 is 0 Å². The SMILES string of the molecule is CCC(F)(F)CC1CCCC(C)(F)C1. The lowest BCUT2D eigenvalue weighted by Crippen LogP contribution is -2.31. The van der Waals surface area contributed by atoms with Crippen LogP contribution >= 0.6 is 0 Å². The lowest BCUT2D eigenvalue weighted by molar-refractivity contribution is -0.0418. The Morgan fingerprint density at radius 1 is 1.43 bits per heavy atom. The van der Waals surface area contributed by atoms with Crippen molar-refractivity contribution in [2.45, 2.75) is 64.0 Å². The van der Waals surface area contributed by atoms with E-state index in [0.29, 0.717) is 12.8 Å². The van der Waals surface area contributed by atoms with Crippen molar-refractivity contribution < 1.29 is 13.2 Å². The number of rotatable bonds is 3. The summed E-state index contributed by atoms with van der Waals surface area (Å²) in [6, 6.07) is 0. The minimum atomic E-state index is -2.60. The molecular formula is C11H19F3. The van der Waals surface area contributed by atoms with Crippen LogP contribution in [0.25, 0.3) is 0 Å². The van der Waals surface area contributed by atoms with Gasteiger partial charge in [-0.05, 0) is 25.7 Å². The highest BCUT2D eigenvalue weighted by molar-refractivity contribution is 4.85. The molecule has 1 fully saturated rings. The molecule has 2 unspecified atom stereocenters. The van der Waals surface area contributed by atoms with Gasteiger partial charge in [-0.3, -0.25) is 0 Å². The Hall–Kier alpha value is -0.210.